The molecule has 1 fully saturated rings. The normalized spacial score (nSPS) is 24.9. The van der Waals surface area contributed by atoms with Crippen LogP contribution in [0.3, 0.4) is 0 Å². The standard InChI is InChI=1S/C12H19ClN2S/c1-2-11-8-16-12(15-11)14-7-10-5-3-4-9(10)6-13/h8-10H,2-7H2,1H3,(H,14,15). The molecule has 0 amide bonds. The first-order valence-electron chi connectivity index (χ1n) is 6.07. The van der Waals surface area contributed by atoms with Gasteiger partial charge in [0.1, 0.15) is 0 Å². The first-order valence-corrected chi connectivity index (χ1v) is 7.49. The van der Waals surface area contributed by atoms with Gasteiger partial charge in [0.05, 0.1) is 5.69 Å². The van der Waals surface area contributed by atoms with Crippen LogP contribution in [0.1, 0.15) is 31.9 Å². The zero-order chi connectivity index (χ0) is 11.4. The number of aromatic nitrogens is 1. The SMILES string of the molecule is CCc1csc(NCC2CCCC2CCl)n1. The van der Waals surface area contributed by atoms with Crippen LogP contribution in [0.25, 0.3) is 0 Å². The minimum atomic E-state index is 0.708. The Morgan fingerprint density at radius 3 is 3.00 bits per heavy atom. The van der Waals surface area contributed by atoms with Crippen LogP contribution >= 0.6 is 22.9 Å². The van der Waals surface area contributed by atoms with E-state index in [0.717, 1.165) is 29.9 Å². The average molecular weight is 259 g/mol. The van der Waals surface area contributed by atoms with Gasteiger partial charge in [0.25, 0.3) is 0 Å². The van der Waals surface area contributed by atoms with Crippen molar-refractivity contribution in [3.8, 4) is 0 Å². The molecule has 0 spiro atoms. The molecule has 0 saturated heterocycles. The maximum absolute atomic E-state index is 5.97. The molecule has 1 aromatic heterocycles. The second-order valence-corrected chi connectivity index (χ2v) is 5.65. The Hall–Kier alpha value is -0.280. The molecule has 1 aliphatic rings. The van der Waals surface area contributed by atoms with E-state index in [9.17, 15) is 0 Å². The number of thiazole rings is 1. The maximum atomic E-state index is 5.97. The summed E-state index contributed by atoms with van der Waals surface area (Å²) in [5.41, 5.74) is 1.19. The number of nitrogens with one attached hydrogen (secondary N) is 1. The Balaban J connectivity index is 1.82. The largest absolute Gasteiger partial charge is 0.361 e. The van der Waals surface area contributed by atoms with Crippen LogP contribution in [0.4, 0.5) is 5.13 Å². The Morgan fingerprint density at radius 1 is 1.50 bits per heavy atom. The Kier molecular flexibility index (Phi) is 4.47. The summed E-state index contributed by atoms with van der Waals surface area (Å²) in [6, 6.07) is 0. The molecule has 0 radical (unpaired) electrons. The van der Waals surface area contributed by atoms with Crippen molar-refractivity contribution in [2.24, 2.45) is 11.8 Å². The molecule has 2 unspecified atom stereocenters. The van der Waals surface area contributed by atoms with E-state index >= 15 is 0 Å². The van der Waals surface area contributed by atoms with Gasteiger partial charge in [-0.15, -0.1) is 22.9 Å². The molecule has 2 rings (SSSR count). The molecule has 2 nitrogen and oxygen atoms in total. The molecule has 0 bridgehead atoms. The summed E-state index contributed by atoms with van der Waals surface area (Å²) < 4.78 is 0. The lowest BCUT2D eigenvalue weighted by molar-refractivity contribution is 0.444. The summed E-state index contributed by atoms with van der Waals surface area (Å²) in [4.78, 5) is 4.51. The fourth-order valence-electron chi connectivity index (χ4n) is 2.35. The van der Waals surface area contributed by atoms with Crippen molar-refractivity contribution in [2.45, 2.75) is 32.6 Å². The number of halogens is 1. The molecule has 1 aromatic rings. The van der Waals surface area contributed by atoms with Crippen molar-refractivity contribution in [1.29, 1.82) is 0 Å². The second kappa shape index (κ2) is 5.87. The highest BCUT2D eigenvalue weighted by Gasteiger charge is 2.26. The smallest absolute Gasteiger partial charge is 0.182 e. The third kappa shape index (κ3) is 2.89. The minimum Gasteiger partial charge on any atom is -0.361 e. The van der Waals surface area contributed by atoms with Crippen molar-refractivity contribution < 1.29 is 0 Å². The van der Waals surface area contributed by atoms with Gasteiger partial charge in [0.2, 0.25) is 0 Å². The van der Waals surface area contributed by atoms with Gasteiger partial charge in [0, 0.05) is 17.8 Å². The summed E-state index contributed by atoms with van der Waals surface area (Å²) in [6.45, 7) is 3.17. The molecule has 1 saturated carbocycles. The molecule has 4 heteroatoms. The average Bonchev–Trinajstić information content (AvgIpc) is 2.94. The number of anilines is 1. The third-order valence-electron chi connectivity index (χ3n) is 3.44. The Morgan fingerprint density at radius 2 is 2.31 bits per heavy atom. The maximum Gasteiger partial charge on any atom is 0.182 e. The highest BCUT2D eigenvalue weighted by molar-refractivity contribution is 7.13. The highest BCUT2D eigenvalue weighted by Crippen LogP contribution is 2.32. The fraction of sp³-hybridized carbons (Fsp3) is 0.750. The highest BCUT2D eigenvalue weighted by atomic mass is 35.5. The molecule has 0 aromatic carbocycles. The number of rotatable bonds is 5. The Bertz CT molecular complexity index is 327. The summed E-state index contributed by atoms with van der Waals surface area (Å²) in [7, 11) is 0. The lowest BCUT2D eigenvalue weighted by Crippen LogP contribution is -2.19. The minimum absolute atomic E-state index is 0.708. The number of hydrogen-bond donors (Lipinski definition) is 1. The molecule has 90 valence electrons. The summed E-state index contributed by atoms with van der Waals surface area (Å²) in [5, 5.41) is 6.66. The van der Waals surface area contributed by atoms with Gasteiger partial charge in [-0.05, 0) is 31.1 Å². The van der Waals surface area contributed by atoms with E-state index in [-0.39, 0.29) is 0 Å². The molecular formula is C12H19ClN2S. The van der Waals surface area contributed by atoms with Crippen molar-refractivity contribution in [3.63, 3.8) is 0 Å². The zero-order valence-electron chi connectivity index (χ0n) is 9.71. The quantitative estimate of drug-likeness (QED) is 0.814. The molecule has 2 atom stereocenters. The van der Waals surface area contributed by atoms with Gasteiger partial charge in [-0.3, -0.25) is 0 Å². The van der Waals surface area contributed by atoms with E-state index in [0.29, 0.717) is 5.92 Å². The summed E-state index contributed by atoms with van der Waals surface area (Å²) >= 11 is 7.68. The number of nitrogens with zero attached hydrogens (tertiary/aromatic N) is 1. The molecule has 16 heavy (non-hydrogen) atoms. The monoisotopic (exact) mass is 258 g/mol. The molecule has 1 aliphatic carbocycles. The van der Waals surface area contributed by atoms with Gasteiger partial charge in [-0.25, -0.2) is 4.98 Å². The van der Waals surface area contributed by atoms with Gasteiger partial charge in [0.15, 0.2) is 5.13 Å². The molecular weight excluding hydrogens is 240 g/mol. The lowest BCUT2D eigenvalue weighted by atomic mass is 9.98. The van der Waals surface area contributed by atoms with Crippen LogP contribution in [0.2, 0.25) is 0 Å². The van der Waals surface area contributed by atoms with Crippen LogP contribution < -0.4 is 5.32 Å². The number of hydrogen-bond acceptors (Lipinski definition) is 3. The summed E-state index contributed by atoms with van der Waals surface area (Å²) in [6.07, 6.45) is 4.97. The zero-order valence-corrected chi connectivity index (χ0v) is 11.3. The summed E-state index contributed by atoms with van der Waals surface area (Å²) in [5.74, 6) is 2.26. The van der Waals surface area contributed by atoms with Crippen LogP contribution in [0.5, 0.6) is 0 Å². The first-order chi connectivity index (χ1) is 7.83. The lowest BCUT2D eigenvalue weighted by Gasteiger charge is -2.17. The van der Waals surface area contributed by atoms with E-state index in [1.165, 1.54) is 25.0 Å². The van der Waals surface area contributed by atoms with E-state index in [4.69, 9.17) is 11.6 Å². The van der Waals surface area contributed by atoms with Crippen LogP contribution in [0.15, 0.2) is 5.38 Å². The van der Waals surface area contributed by atoms with Crippen LogP contribution in [-0.2, 0) is 6.42 Å². The van der Waals surface area contributed by atoms with Crippen molar-refractivity contribution >= 4 is 28.1 Å². The van der Waals surface area contributed by atoms with Crippen LogP contribution in [-0.4, -0.2) is 17.4 Å². The van der Waals surface area contributed by atoms with Gasteiger partial charge < -0.3 is 5.32 Å². The Labute approximate surface area is 106 Å². The fourth-order valence-corrected chi connectivity index (χ4v) is 3.56. The third-order valence-corrected chi connectivity index (χ3v) is 4.69. The molecule has 0 aliphatic heterocycles. The first kappa shape index (κ1) is 12.2. The van der Waals surface area contributed by atoms with Crippen LogP contribution in [0, 0.1) is 11.8 Å². The predicted octanol–water partition coefficient (Wildman–Crippen LogP) is 3.77. The van der Waals surface area contributed by atoms with Crippen molar-refractivity contribution in [2.75, 3.05) is 17.7 Å². The second-order valence-electron chi connectivity index (χ2n) is 4.48. The predicted molar refractivity (Wildman–Crippen MR) is 71.5 cm³/mol. The topological polar surface area (TPSA) is 24.9 Å². The van der Waals surface area contributed by atoms with E-state index < -0.39 is 0 Å². The van der Waals surface area contributed by atoms with E-state index in [2.05, 4.69) is 22.6 Å². The molecule has 1 heterocycles. The van der Waals surface area contributed by atoms with Crippen molar-refractivity contribution in [1.82, 2.24) is 4.98 Å². The van der Waals surface area contributed by atoms with E-state index in [1.54, 1.807) is 11.3 Å². The number of aryl methyl sites for hydroxylation is 1. The van der Waals surface area contributed by atoms with Crippen molar-refractivity contribution in [3.05, 3.63) is 11.1 Å². The van der Waals surface area contributed by atoms with Gasteiger partial charge >= 0.3 is 0 Å². The number of alkyl halides is 1. The van der Waals surface area contributed by atoms with Gasteiger partial charge in [-0.1, -0.05) is 13.3 Å². The van der Waals surface area contributed by atoms with Gasteiger partial charge in [-0.2, -0.15) is 0 Å². The molecule has 1 N–H and O–H groups in total. The van der Waals surface area contributed by atoms with E-state index in [1.807, 2.05) is 0 Å².